The largest absolute Gasteiger partial charge is 0.492 e. The van der Waals surface area contributed by atoms with Crippen molar-refractivity contribution in [2.45, 2.75) is 26.7 Å². The molecule has 8 heteroatoms. The van der Waals surface area contributed by atoms with E-state index in [1.54, 1.807) is 12.1 Å². The van der Waals surface area contributed by atoms with Crippen LogP contribution in [-0.4, -0.2) is 25.0 Å². The highest BCUT2D eigenvalue weighted by Crippen LogP contribution is 2.40. The third-order valence-electron chi connectivity index (χ3n) is 4.88. The molecule has 1 aliphatic rings. The molecule has 0 radical (unpaired) electrons. The molecule has 2 N–H and O–H groups in total. The van der Waals surface area contributed by atoms with E-state index in [0.717, 1.165) is 22.9 Å². The second kappa shape index (κ2) is 9.16. The fourth-order valence-corrected chi connectivity index (χ4v) is 4.64. The maximum atomic E-state index is 13.0. The van der Waals surface area contributed by atoms with Gasteiger partial charge in [0.15, 0.2) is 0 Å². The normalized spacial score (nSPS) is 13.1. The summed E-state index contributed by atoms with van der Waals surface area (Å²) in [5.74, 6) is 0.612. The van der Waals surface area contributed by atoms with E-state index in [1.165, 1.54) is 11.3 Å². The van der Waals surface area contributed by atoms with Gasteiger partial charge in [0.1, 0.15) is 16.4 Å². The van der Waals surface area contributed by atoms with E-state index in [0.29, 0.717) is 46.0 Å². The third kappa shape index (κ3) is 4.62. The van der Waals surface area contributed by atoms with Gasteiger partial charge in [0.05, 0.1) is 29.6 Å². The Morgan fingerprint density at radius 1 is 1.03 bits per heavy atom. The summed E-state index contributed by atoms with van der Waals surface area (Å²) in [6.07, 6.45) is 1.80. The van der Waals surface area contributed by atoms with Gasteiger partial charge in [0.25, 0.3) is 5.91 Å². The van der Waals surface area contributed by atoms with Gasteiger partial charge in [-0.05, 0) is 32.8 Å². The lowest BCUT2D eigenvalue weighted by molar-refractivity contribution is -0.117. The number of rotatable bonds is 8. The number of hydrogen-bond acceptors (Lipinski definition) is 5. The van der Waals surface area contributed by atoms with Gasteiger partial charge in [-0.2, -0.15) is 0 Å². The first-order valence-electron chi connectivity index (χ1n) is 10.2. The van der Waals surface area contributed by atoms with Crippen LogP contribution in [0.4, 0.5) is 11.4 Å². The maximum absolute atomic E-state index is 13.0. The molecule has 2 aromatic carbocycles. The first kappa shape index (κ1) is 21.5. The van der Waals surface area contributed by atoms with Crippen molar-refractivity contribution >= 4 is 56.2 Å². The molecule has 2 amide bonds. The van der Waals surface area contributed by atoms with Crippen LogP contribution in [-0.2, 0) is 4.79 Å². The van der Waals surface area contributed by atoms with Crippen molar-refractivity contribution in [3.05, 3.63) is 46.3 Å². The lowest BCUT2D eigenvalue weighted by Gasteiger charge is -2.17. The van der Waals surface area contributed by atoms with E-state index < -0.39 is 0 Å². The second-order valence-corrected chi connectivity index (χ2v) is 8.60. The lowest BCUT2D eigenvalue weighted by atomic mass is 10.2. The minimum Gasteiger partial charge on any atom is -0.492 e. The van der Waals surface area contributed by atoms with Crippen molar-refractivity contribution in [2.75, 3.05) is 23.8 Å². The molecule has 0 spiro atoms. The number of hydrogen-bond donors (Lipinski definition) is 2. The number of anilines is 2. The van der Waals surface area contributed by atoms with Crippen LogP contribution < -0.4 is 20.1 Å². The van der Waals surface area contributed by atoms with E-state index in [1.807, 2.05) is 38.1 Å². The van der Waals surface area contributed by atoms with Gasteiger partial charge in [-0.15, -0.1) is 11.3 Å². The first-order valence-corrected chi connectivity index (χ1v) is 11.4. The number of carbonyl (C=O) groups excluding carboxylic acids is 2. The van der Waals surface area contributed by atoms with Crippen LogP contribution in [0.5, 0.6) is 11.5 Å². The van der Waals surface area contributed by atoms with Crippen LogP contribution in [0.3, 0.4) is 0 Å². The van der Waals surface area contributed by atoms with Crippen molar-refractivity contribution < 1.29 is 19.1 Å². The van der Waals surface area contributed by atoms with Crippen molar-refractivity contribution in [3.63, 3.8) is 0 Å². The third-order valence-corrected chi connectivity index (χ3v) is 6.55. The number of fused-ring (bicyclic) bond motifs is 1. The average molecular weight is 459 g/mol. The molecule has 1 aromatic heterocycles. The van der Waals surface area contributed by atoms with Gasteiger partial charge in [-0.3, -0.25) is 9.59 Å². The Balaban J connectivity index is 1.66. The smallest absolute Gasteiger partial charge is 0.267 e. The fourth-order valence-electron chi connectivity index (χ4n) is 3.22. The van der Waals surface area contributed by atoms with Gasteiger partial charge < -0.3 is 20.1 Å². The second-order valence-electron chi connectivity index (χ2n) is 7.17. The lowest BCUT2D eigenvalue weighted by Crippen LogP contribution is -2.16. The molecule has 162 valence electrons. The highest BCUT2D eigenvalue weighted by atomic mass is 35.5. The monoisotopic (exact) mass is 458 g/mol. The highest BCUT2D eigenvalue weighted by molar-refractivity contribution is 7.21. The van der Waals surface area contributed by atoms with E-state index >= 15 is 0 Å². The van der Waals surface area contributed by atoms with Gasteiger partial charge in [-0.1, -0.05) is 29.8 Å². The zero-order valence-corrected chi connectivity index (χ0v) is 18.9. The number of amides is 2. The Labute approximate surface area is 189 Å². The molecule has 1 fully saturated rings. The number of thiophene rings is 1. The molecule has 0 saturated heterocycles. The molecule has 31 heavy (non-hydrogen) atoms. The fraction of sp³-hybridized carbons (Fsp3) is 0.304. The van der Waals surface area contributed by atoms with E-state index in [4.69, 9.17) is 21.1 Å². The predicted octanol–water partition coefficient (Wildman–Crippen LogP) is 5.95. The van der Waals surface area contributed by atoms with Crippen LogP contribution in [0.2, 0.25) is 5.02 Å². The number of nitrogens with one attached hydrogen (secondary N) is 2. The first-order chi connectivity index (χ1) is 15.0. The van der Waals surface area contributed by atoms with Gasteiger partial charge in [0.2, 0.25) is 5.91 Å². The quantitative estimate of drug-likeness (QED) is 0.437. The molecular formula is C23H23ClN2O4S. The summed E-state index contributed by atoms with van der Waals surface area (Å²) in [5.41, 5.74) is 0.980. The van der Waals surface area contributed by atoms with Crippen LogP contribution in [0.1, 0.15) is 36.4 Å². The summed E-state index contributed by atoms with van der Waals surface area (Å²) in [6, 6.07) is 11.0. The molecule has 0 atom stereocenters. The SMILES string of the molecule is CCOc1cc(NC(=O)C2CC2)c(OCC)cc1NC(=O)c1sc2ccccc2c1Cl. The average Bonchev–Trinajstić information content (AvgIpc) is 3.55. The van der Waals surface area contributed by atoms with Crippen LogP contribution in [0.25, 0.3) is 10.1 Å². The van der Waals surface area contributed by atoms with Crippen molar-refractivity contribution in [1.29, 1.82) is 0 Å². The van der Waals surface area contributed by atoms with E-state index in [-0.39, 0.29) is 17.7 Å². The minimum atomic E-state index is -0.329. The van der Waals surface area contributed by atoms with Crippen molar-refractivity contribution in [2.24, 2.45) is 5.92 Å². The summed E-state index contributed by atoms with van der Waals surface area (Å²) in [5, 5.41) is 7.09. The molecule has 1 saturated carbocycles. The molecule has 4 rings (SSSR count). The van der Waals surface area contributed by atoms with E-state index in [2.05, 4.69) is 10.6 Å². The number of benzene rings is 2. The topological polar surface area (TPSA) is 76.7 Å². The van der Waals surface area contributed by atoms with Crippen molar-refractivity contribution in [1.82, 2.24) is 0 Å². The van der Waals surface area contributed by atoms with Crippen LogP contribution >= 0.6 is 22.9 Å². The summed E-state index contributed by atoms with van der Waals surface area (Å²) >= 11 is 7.80. The zero-order chi connectivity index (χ0) is 22.0. The highest BCUT2D eigenvalue weighted by Gasteiger charge is 2.30. The van der Waals surface area contributed by atoms with Gasteiger partial charge in [-0.25, -0.2) is 0 Å². The van der Waals surface area contributed by atoms with Crippen molar-refractivity contribution in [3.8, 4) is 11.5 Å². The number of ether oxygens (including phenoxy) is 2. The van der Waals surface area contributed by atoms with Gasteiger partial charge in [0, 0.05) is 28.1 Å². The summed E-state index contributed by atoms with van der Waals surface area (Å²) in [7, 11) is 0. The zero-order valence-electron chi connectivity index (χ0n) is 17.3. The van der Waals surface area contributed by atoms with E-state index in [9.17, 15) is 9.59 Å². The minimum absolute atomic E-state index is 0.0303. The molecular weight excluding hydrogens is 436 g/mol. The Morgan fingerprint density at radius 2 is 1.65 bits per heavy atom. The molecule has 1 heterocycles. The molecule has 3 aromatic rings. The predicted molar refractivity (Wildman–Crippen MR) is 125 cm³/mol. The van der Waals surface area contributed by atoms with Crippen LogP contribution in [0.15, 0.2) is 36.4 Å². The summed E-state index contributed by atoms with van der Waals surface area (Å²) < 4.78 is 12.4. The summed E-state index contributed by atoms with van der Waals surface area (Å²) in [4.78, 5) is 25.7. The standard InChI is InChI=1S/C23H23ClN2O4S/c1-3-29-17-12-16(18(30-4-2)11-15(17)25-22(27)13-9-10-13)26-23(28)21-20(24)14-7-5-6-8-19(14)31-21/h5-8,11-13H,3-4,9-10H2,1-2H3,(H,25,27)(H,26,28). The Bertz CT molecular complexity index is 1140. The van der Waals surface area contributed by atoms with Gasteiger partial charge >= 0.3 is 0 Å². The molecule has 1 aliphatic carbocycles. The Morgan fingerprint density at radius 3 is 2.23 bits per heavy atom. The molecule has 6 nitrogen and oxygen atoms in total. The Hall–Kier alpha value is -2.77. The molecule has 0 bridgehead atoms. The molecule has 0 unspecified atom stereocenters. The number of halogens is 1. The van der Waals surface area contributed by atoms with Crippen LogP contribution in [0, 0.1) is 5.92 Å². The number of carbonyl (C=O) groups is 2. The Kier molecular flexibility index (Phi) is 6.34. The molecule has 0 aliphatic heterocycles. The maximum Gasteiger partial charge on any atom is 0.267 e. The summed E-state index contributed by atoms with van der Waals surface area (Å²) in [6.45, 7) is 4.53.